The van der Waals surface area contributed by atoms with Gasteiger partial charge in [-0.3, -0.25) is 4.79 Å². The zero-order chi connectivity index (χ0) is 16.5. The normalized spacial score (nSPS) is 30.5. The smallest absolute Gasteiger partial charge is 0.323 e. The Hall–Kier alpha value is -2.08. The molecule has 1 saturated heterocycles. The molecule has 0 aromatic heterocycles. The van der Waals surface area contributed by atoms with Gasteiger partial charge in [-0.2, -0.15) is 0 Å². The highest BCUT2D eigenvalue weighted by molar-refractivity contribution is 5.82. The van der Waals surface area contributed by atoms with Gasteiger partial charge in [0, 0.05) is 12.1 Å². The minimum absolute atomic E-state index is 0.0720. The quantitative estimate of drug-likeness (QED) is 0.786. The van der Waals surface area contributed by atoms with E-state index in [4.69, 9.17) is 5.11 Å². The molecular formula is C17H23N3O3. The zero-order valence-electron chi connectivity index (χ0n) is 13.3. The Bertz CT molecular complexity index is 594. The van der Waals surface area contributed by atoms with Crippen molar-refractivity contribution >= 4 is 12.0 Å². The fourth-order valence-corrected chi connectivity index (χ4v) is 3.95. The minimum atomic E-state index is -0.970. The van der Waals surface area contributed by atoms with E-state index in [9.17, 15) is 9.59 Å². The summed E-state index contributed by atoms with van der Waals surface area (Å²) < 4.78 is 0. The number of hydrogen-bond donors (Lipinski definition) is 3. The van der Waals surface area contributed by atoms with Crippen LogP contribution in [0.2, 0.25) is 0 Å². The Labute approximate surface area is 135 Å². The van der Waals surface area contributed by atoms with E-state index in [0.29, 0.717) is 6.54 Å². The van der Waals surface area contributed by atoms with Gasteiger partial charge in [-0.25, -0.2) is 4.79 Å². The predicted molar refractivity (Wildman–Crippen MR) is 86.1 cm³/mol. The molecule has 1 saturated carbocycles. The highest BCUT2D eigenvalue weighted by Crippen LogP contribution is 2.42. The van der Waals surface area contributed by atoms with Crippen molar-refractivity contribution in [3.05, 3.63) is 35.9 Å². The van der Waals surface area contributed by atoms with Crippen molar-refractivity contribution in [2.75, 3.05) is 20.1 Å². The van der Waals surface area contributed by atoms with Gasteiger partial charge in [0.15, 0.2) is 0 Å². The van der Waals surface area contributed by atoms with E-state index in [1.807, 2.05) is 25.2 Å². The number of rotatable bonds is 4. The second-order valence-electron chi connectivity index (χ2n) is 6.66. The molecule has 1 aliphatic carbocycles. The Morgan fingerprint density at radius 2 is 1.91 bits per heavy atom. The molecule has 0 atom stereocenters. The summed E-state index contributed by atoms with van der Waals surface area (Å²) in [5.74, 6) is -0.970. The molecule has 3 N–H and O–H groups in total. The van der Waals surface area contributed by atoms with Crippen molar-refractivity contribution in [1.29, 1.82) is 0 Å². The van der Waals surface area contributed by atoms with Crippen LogP contribution in [0.25, 0.3) is 0 Å². The molecule has 6 nitrogen and oxygen atoms in total. The predicted octanol–water partition coefficient (Wildman–Crippen LogP) is 1.52. The second kappa shape index (κ2) is 5.85. The number of amides is 2. The topological polar surface area (TPSA) is 81.7 Å². The molecule has 1 aromatic rings. The maximum Gasteiger partial charge on any atom is 0.323 e. The maximum absolute atomic E-state index is 12.0. The molecule has 124 valence electrons. The van der Waals surface area contributed by atoms with Gasteiger partial charge in [0.05, 0.1) is 5.54 Å². The molecule has 3 rings (SSSR count). The van der Waals surface area contributed by atoms with Crippen LogP contribution in [0.1, 0.15) is 31.2 Å². The summed E-state index contributed by atoms with van der Waals surface area (Å²) >= 11 is 0. The molecule has 23 heavy (non-hydrogen) atoms. The number of carbonyl (C=O) groups is 2. The molecule has 1 aliphatic heterocycles. The number of carbonyl (C=O) groups excluding carboxylic acids is 1. The van der Waals surface area contributed by atoms with Crippen molar-refractivity contribution in [2.24, 2.45) is 0 Å². The molecule has 0 unspecified atom stereocenters. The first-order chi connectivity index (χ1) is 11.0. The van der Waals surface area contributed by atoms with Crippen molar-refractivity contribution < 1.29 is 14.7 Å². The van der Waals surface area contributed by atoms with Crippen molar-refractivity contribution in [3.63, 3.8) is 0 Å². The number of carboxylic acid groups (broad SMARTS) is 1. The van der Waals surface area contributed by atoms with Gasteiger partial charge in [-0.1, -0.05) is 30.3 Å². The van der Waals surface area contributed by atoms with Gasteiger partial charge in [-0.05, 0) is 38.3 Å². The first-order valence-electron chi connectivity index (χ1n) is 8.02. The molecular weight excluding hydrogens is 294 g/mol. The van der Waals surface area contributed by atoms with E-state index in [0.717, 1.165) is 25.7 Å². The highest BCUT2D eigenvalue weighted by Gasteiger charge is 2.48. The number of urea groups is 1. The average Bonchev–Trinajstić information content (AvgIpc) is 2.84. The first kappa shape index (κ1) is 15.8. The monoisotopic (exact) mass is 317 g/mol. The van der Waals surface area contributed by atoms with Crippen LogP contribution in [-0.2, 0) is 10.3 Å². The van der Waals surface area contributed by atoms with E-state index in [1.54, 1.807) is 0 Å². The third kappa shape index (κ3) is 2.91. The summed E-state index contributed by atoms with van der Waals surface area (Å²) in [7, 11) is 1.98. The summed E-state index contributed by atoms with van der Waals surface area (Å²) in [5.41, 5.74) is 0.906. The van der Waals surface area contributed by atoms with Gasteiger partial charge in [0.25, 0.3) is 0 Å². The third-order valence-electron chi connectivity index (χ3n) is 5.34. The van der Waals surface area contributed by atoms with Crippen LogP contribution in [0.4, 0.5) is 4.79 Å². The summed E-state index contributed by atoms with van der Waals surface area (Å²) in [6.45, 7) is 0.246. The van der Waals surface area contributed by atoms with Crippen molar-refractivity contribution in [2.45, 2.75) is 36.8 Å². The van der Waals surface area contributed by atoms with Crippen LogP contribution in [-0.4, -0.2) is 47.7 Å². The van der Waals surface area contributed by atoms with Crippen LogP contribution >= 0.6 is 0 Å². The van der Waals surface area contributed by atoms with Gasteiger partial charge >= 0.3 is 12.0 Å². The molecule has 1 aromatic carbocycles. The molecule has 0 bridgehead atoms. The summed E-state index contributed by atoms with van der Waals surface area (Å²) in [6, 6.07) is 10.1. The zero-order valence-corrected chi connectivity index (χ0v) is 13.3. The molecule has 0 radical (unpaired) electrons. The maximum atomic E-state index is 12.0. The highest BCUT2D eigenvalue weighted by atomic mass is 16.4. The lowest BCUT2D eigenvalue weighted by Crippen LogP contribution is -2.53. The standard InChI is InChI=1S/C17H23N3O3/c1-18-17(13-5-3-2-4-6-13)9-7-16(8-10-17)12-20(11-14(21)22)15(23)19-16/h2-6,18H,7-12H2,1H3,(H,19,23)(H,21,22)/t16-,17-. The number of benzene rings is 1. The second-order valence-corrected chi connectivity index (χ2v) is 6.66. The summed E-state index contributed by atoms with van der Waals surface area (Å²) in [5, 5.41) is 15.4. The fraction of sp³-hybridized carbons (Fsp3) is 0.529. The van der Waals surface area contributed by atoms with E-state index in [1.165, 1.54) is 10.5 Å². The Kier molecular flexibility index (Phi) is 4.02. The van der Waals surface area contributed by atoms with E-state index in [-0.39, 0.29) is 23.7 Å². The third-order valence-corrected chi connectivity index (χ3v) is 5.34. The molecule has 1 spiro atoms. The van der Waals surface area contributed by atoms with Crippen LogP contribution < -0.4 is 10.6 Å². The Morgan fingerprint density at radius 1 is 1.26 bits per heavy atom. The van der Waals surface area contributed by atoms with Gasteiger partial charge in [0.1, 0.15) is 6.54 Å². The number of carboxylic acids is 1. The first-order valence-corrected chi connectivity index (χ1v) is 8.02. The number of nitrogens with one attached hydrogen (secondary N) is 2. The molecule has 1 heterocycles. The fourth-order valence-electron chi connectivity index (χ4n) is 3.95. The van der Waals surface area contributed by atoms with Crippen LogP contribution in [0, 0.1) is 0 Å². The van der Waals surface area contributed by atoms with Crippen molar-refractivity contribution in [3.8, 4) is 0 Å². The lowest BCUT2D eigenvalue weighted by Gasteiger charge is -2.45. The summed E-state index contributed by atoms with van der Waals surface area (Å²) in [6.07, 6.45) is 3.50. The largest absolute Gasteiger partial charge is 0.480 e. The van der Waals surface area contributed by atoms with Gasteiger partial charge < -0.3 is 20.6 Å². The van der Waals surface area contributed by atoms with Gasteiger partial charge in [0.2, 0.25) is 0 Å². The van der Waals surface area contributed by atoms with Gasteiger partial charge in [-0.15, -0.1) is 0 Å². The average molecular weight is 317 g/mol. The van der Waals surface area contributed by atoms with Crippen LogP contribution in [0.5, 0.6) is 0 Å². The number of aliphatic carboxylic acids is 1. The van der Waals surface area contributed by atoms with Crippen LogP contribution in [0.15, 0.2) is 30.3 Å². The summed E-state index contributed by atoms with van der Waals surface area (Å²) in [4.78, 5) is 24.3. The van der Waals surface area contributed by atoms with Crippen molar-refractivity contribution in [1.82, 2.24) is 15.5 Å². The minimum Gasteiger partial charge on any atom is -0.480 e. The van der Waals surface area contributed by atoms with E-state index < -0.39 is 5.97 Å². The molecule has 2 aliphatic rings. The van der Waals surface area contributed by atoms with E-state index >= 15 is 0 Å². The number of hydrogen-bond acceptors (Lipinski definition) is 3. The molecule has 6 heteroatoms. The molecule has 2 amide bonds. The SMILES string of the molecule is CN[C@]1(c2ccccc2)CC[C@@]2(CC1)CN(CC(=O)O)C(=O)N2. The van der Waals surface area contributed by atoms with Crippen LogP contribution in [0.3, 0.4) is 0 Å². The lowest BCUT2D eigenvalue weighted by molar-refractivity contribution is -0.137. The lowest BCUT2D eigenvalue weighted by atomic mass is 9.69. The Balaban J connectivity index is 1.73. The number of nitrogens with zero attached hydrogens (tertiary/aromatic N) is 1. The Morgan fingerprint density at radius 3 is 2.48 bits per heavy atom. The molecule has 2 fully saturated rings. The van der Waals surface area contributed by atoms with E-state index in [2.05, 4.69) is 22.8 Å².